The summed E-state index contributed by atoms with van der Waals surface area (Å²) in [5.74, 6) is 1.01. The molecule has 6 atom stereocenters. The van der Waals surface area contributed by atoms with Crippen molar-refractivity contribution in [3.8, 4) is 0 Å². The van der Waals surface area contributed by atoms with Crippen molar-refractivity contribution >= 4 is 39.5 Å². The molecule has 0 saturated heterocycles. The fourth-order valence-corrected chi connectivity index (χ4v) is 14.3. The molecule has 0 radical (unpaired) electrons. The van der Waals surface area contributed by atoms with E-state index in [2.05, 4.69) is 55.4 Å². The van der Waals surface area contributed by atoms with Gasteiger partial charge in [0.25, 0.3) is 0 Å². The van der Waals surface area contributed by atoms with Gasteiger partial charge in [-0.1, -0.05) is 376 Å². The van der Waals surface area contributed by atoms with E-state index in [4.69, 9.17) is 37.0 Å². The summed E-state index contributed by atoms with van der Waals surface area (Å²) in [5.41, 5.74) is 0. The van der Waals surface area contributed by atoms with Crippen LogP contribution < -0.4 is 0 Å². The molecule has 0 spiro atoms. The van der Waals surface area contributed by atoms with E-state index in [0.717, 1.165) is 114 Å². The number of phosphoric ester groups is 2. The summed E-state index contributed by atoms with van der Waals surface area (Å²) in [5, 5.41) is 10.7. The third-order valence-corrected chi connectivity index (χ3v) is 21.6. The summed E-state index contributed by atoms with van der Waals surface area (Å²) in [7, 11) is -9.92. The van der Waals surface area contributed by atoms with Gasteiger partial charge >= 0.3 is 39.5 Å². The molecular weight excluding hydrogens is 1330 g/mol. The molecule has 606 valence electrons. The summed E-state index contributed by atoms with van der Waals surface area (Å²) >= 11 is 0. The minimum absolute atomic E-state index is 0.106. The number of carbonyl (C=O) groups is 4. The number of ether oxygens (including phenoxy) is 4. The minimum atomic E-state index is -4.96. The van der Waals surface area contributed by atoms with E-state index >= 15 is 0 Å². The van der Waals surface area contributed by atoms with Crippen LogP contribution in [-0.4, -0.2) is 96.7 Å². The lowest BCUT2D eigenvalue weighted by molar-refractivity contribution is -0.161. The van der Waals surface area contributed by atoms with E-state index in [1.807, 2.05) is 0 Å². The number of aliphatic hydroxyl groups excluding tert-OH is 1. The number of hydrogen-bond donors (Lipinski definition) is 3. The molecule has 0 aromatic carbocycles. The molecule has 0 aromatic rings. The predicted octanol–water partition coefficient (Wildman–Crippen LogP) is 24.8. The lowest BCUT2D eigenvalue weighted by atomic mass is 9.99. The average Bonchev–Trinajstić information content (AvgIpc) is 0.928. The zero-order valence-electron chi connectivity index (χ0n) is 67.2. The molecule has 0 saturated carbocycles. The maximum absolute atomic E-state index is 13.1. The molecule has 102 heavy (non-hydrogen) atoms. The molecule has 0 aliphatic carbocycles. The first kappa shape index (κ1) is 100. The number of rotatable bonds is 80. The third-order valence-electron chi connectivity index (χ3n) is 19.7. The Kier molecular flexibility index (Phi) is 70.6. The molecule has 3 N–H and O–H groups in total. The van der Waals surface area contributed by atoms with Crippen LogP contribution in [0.2, 0.25) is 0 Å². The molecule has 0 heterocycles. The van der Waals surface area contributed by atoms with Gasteiger partial charge in [-0.25, -0.2) is 9.13 Å². The molecule has 0 fully saturated rings. The lowest BCUT2D eigenvalue weighted by Crippen LogP contribution is -2.30. The molecule has 0 aliphatic heterocycles. The largest absolute Gasteiger partial charge is 0.472 e. The van der Waals surface area contributed by atoms with Gasteiger partial charge in [0, 0.05) is 25.7 Å². The molecule has 0 amide bonds. The van der Waals surface area contributed by atoms with Gasteiger partial charge in [0.1, 0.15) is 19.3 Å². The Bertz CT molecular complexity index is 1990. The van der Waals surface area contributed by atoms with Gasteiger partial charge in [-0.3, -0.25) is 37.3 Å². The lowest BCUT2D eigenvalue weighted by Gasteiger charge is -2.21. The van der Waals surface area contributed by atoms with E-state index in [0.29, 0.717) is 31.6 Å². The van der Waals surface area contributed by atoms with Crippen LogP contribution in [0.4, 0.5) is 0 Å². The number of esters is 4. The van der Waals surface area contributed by atoms with E-state index in [1.54, 1.807) is 0 Å². The van der Waals surface area contributed by atoms with Gasteiger partial charge in [-0.15, -0.1) is 0 Å². The van der Waals surface area contributed by atoms with Crippen molar-refractivity contribution < 1.29 is 80.2 Å². The standard InChI is InChI=1S/C83H162O17P2/c1-9-76(8)62-54-46-38-30-26-27-33-41-50-58-66-83(88)99-78(69-93-80(85)63-55-47-39-31-24-20-17-16-19-23-29-36-44-52-60-74(4)5)71-97-101(89,90)95-67-77(84)68-96-102(91,92)98-72-79(70-94-81(86)64-56-48-42-34-37-45-53-61-75(6)7)100-82(87)65-57-49-40-32-25-21-15-13-11-10-12-14-18-22-28-35-43-51-59-73(2)3/h73-79,84H,9-72H2,1-8H3,(H,89,90)(H,91,92)/t76?,77?,78-,79-/m1/s1. The maximum Gasteiger partial charge on any atom is 0.472 e. The Labute approximate surface area is 626 Å². The molecule has 19 heteroatoms. The molecule has 0 bridgehead atoms. The number of unbranched alkanes of at least 4 members (excludes halogenated alkanes) is 45. The van der Waals surface area contributed by atoms with E-state index in [1.165, 1.54) is 225 Å². The van der Waals surface area contributed by atoms with E-state index in [9.17, 15) is 43.2 Å². The second-order valence-corrected chi connectivity index (χ2v) is 34.4. The molecule has 0 aromatic heterocycles. The van der Waals surface area contributed by atoms with Gasteiger partial charge in [0.15, 0.2) is 12.2 Å². The Morgan fingerprint density at radius 1 is 0.275 bits per heavy atom. The van der Waals surface area contributed by atoms with Crippen molar-refractivity contribution in [2.24, 2.45) is 23.7 Å². The summed E-state index contributed by atoms with van der Waals surface area (Å²) < 4.78 is 68.8. The fraction of sp³-hybridized carbons (Fsp3) is 0.952. The van der Waals surface area contributed by atoms with Crippen LogP contribution in [-0.2, 0) is 65.4 Å². The van der Waals surface area contributed by atoms with Gasteiger partial charge in [-0.2, -0.15) is 0 Å². The SMILES string of the molecule is CCC(C)CCCCCCCCCCCCC(=O)O[C@H](COC(=O)CCCCCCCCCCCCCCCCC(C)C)COP(=O)(O)OCC(O)COP(=O)(O)OC[C@@H](COC(=O)CCCCCCCCCC(C)C)OC(=O)CCCCCCCCCCCCCCCCCCCCC(C)C. The Morgan fingerprint density at radius 2 is 0.471 bits per heavy atom. The van der Waals surface area contributed by atoms with Crippen molar-refractivity contribution in [3.05, 3.63) is 0 Å². The van der Waals surface area contributed by atoms with Crippen LogP contribution in [0.25, 0.3) is 0 Å². The van der Waals surface area contributed by atoms with Crippen molar-refractivity contribution in [1.29, 1.82) is 0 Å². The number of phosphoric acid groups is 2. The molecule has 4 unspecified atom stereocenters. The zero-order chi connectivity index (χ0) is 75.3. The van der Waals surface area contributed by atoms with Crippen molar-refractivity contribution in [2.45, 2.75) is 446 Å². The van der Waals surface area contributed by atoms with Crippen LogP contribution >= 0.6 is 15.6 Å². The van der Waals surface area contributed by atoms with Crippen LogP contribution in [0.15, 0.2) is 0 Å². The van der Waals surface area contributed by atoms with Gasteiger partial charge in [0.05, 0.1) is 26.4 Å². The van der Waals surface area contributed by atoms with Gasteiger partial charge < -0.3 is 33.8 Å². The topological polar surface area (TPSA) is 237 Å². The third kappa shape index (κ3) is 74.9. The quantitative estimate of drug-likeness (QED) is 0.0222. The average molecular weight is 1490 g/mol. The minimum Gasteiger partial charge on any atom is -0.462 e. The highest BCUT2D eigenvalue weighted by Gasteiger charge is 2.30. The van der Waals surface area contributed by atoms with Gasteiger partial charge in [0.2, 0.25) is 0 Å². The predicted molar refractivity (Wildman–Crippen MR) is 418 cm³/mol. The van der Waals surface area contributed by atoms with Crippen molar-refractivity contribution in [3.63, 3.8) is 0 Å². The number of aliphatic hydroxyl groups is 1. The first-order valence-corrected chi connectivity index (χ1v) is 45.7. The highest BCUT2D eigenvalue weighted by atomic mass is 31.2. The van der Waals surface area contributed by atoms with Crippen LogP contribution in [0.3, 0.4) is 0 Å². The summed E-state index contributed by atoms with van der Waals surface area (Å²) in [4.78, 5) is 73.1. The number of hydrogen-bond acceptors (Lipinski definition) is 15. The molecular formula is C83H162O17P2. The zero-order valence-corrected chi connectivity index (χ0v) is 69.0. The first-order valence-electron chi connectivity index (χ1n) is 42.7. The summed E-state index contributed by atoms with van der Waals surface area (Å²) in [6.45, 7) is 14.3. The molecule has 0 aliphatic rings. The van der Waals surface area contributed by atoms with Crippen LogP contribution in [0.5, 0.6) is 0 Å². The molecule has 17 nitrogen and oxygen atoms in total. The monoisotopic (exact) mass is 1490 g/mol. The van der Waals surface area contributed by atoms with Crippen molar-refractivity contribution in [1.82, 2.24) is 0 Å². The maximum atomic E-state index is 13.1. The van der Waals surface area contributed by atoms with E-state index in [-0.39, 0.29) is 25.7 Å². The van der Waals surface area contributed by atoms with Crippen LogP contribution in [0.1, 0.15) is 428 Å². The Hall–Kier alpha value is -1.94. The highest BCUT2D eigenvalue weighted by Crippen LogP contribution is 2.45. The highest BCUT2D eigenvalue weighted by molar-refractivity contribution is 7.47. The first-order chi connectivity index (χ1) is 49.1. The normalized spacial score (nSPS) is 14.3. The van der Waals surface area contributed by atoms with E-state index < -0.39 is 97.5 Å². The Balaban J connectivity index is 5.21. The van der Waals surface area contributed by atoms with Gasteiger partial charge in [-0.05, 0) is 49.4 Å². The second-order valence-electron chi connectivity index (χ2n) is 31.5. The smallest absolute Gasteiger partial charge is 0.462 e. The summed E-state index contributed by atoms with van der Waals surface area (Å²) in [6.07, 6.45) is 59.7. The van der Waals surface area contributed by atoms with Crippen molar-refractivity contribution in [2.75, 3.05) is 39.6 Å². The molecule has 0 rings (SSSR count). The fourth-order valence-electron chi connectivity index (χ4n) is 12.8. The Morgan fingerprint density at radius 3 is 0.696 bits per heavy atom. The van der Waals surface area contributed by atoms with Crippen LogP contribution in [0, 0.1) is 23.7 Å². The summed E-state index contributed by atoms with van der Waals surface area (Å²) in [6, 6.07) is 0. The number of carbonyl (C=O) groups excluding carboxylic acids is 4. The second kappa shape index (κ2) is 72.0.